The van der Waals surface area contributed by atoms with Crippen molar-refractivity contribution in [1.82, 2.24) is 4.57 Å². The average Bonchev–Trinajstić information content (AvgIpc) is 2.71. The van der Waals surface area contributed by atoms with Crippen LogP contribution in [0.5, 0.6) is 17.2 Å². The maximum Gasteiger partial charge on any atom is 0.255 e. The van der Waals surface area contributed by atoms with E-state index in [1.807, 2.05) is 30.3 Å². The molecule has 0 fully saturated rings. The Kier molecular flexibility index (Phi) is 5.94. The summed E-state index contributed by atoms with van der Waals surface area (Å²) in [6.45, 7) is 3.45. The molecular formula is C23H25NO5. The van der Waals surface area contributed by atoms with Gasteiger partial charge in [0.05, 0.1) is 25.5 Å². The number of rotatable bonds is 7. The van der Waals surface area contributed by atoms with Crippen molar-refractivity contribution < 1.29 is 19.3 Å². The van der Waals surface area contributed by atoms with E-state index in [0.717, 1.165) is 16.9 Å². The number of benzene rings is 2. The predicted octanol–water partition coefficient (Wildman–Crippen LogP) is 3.67. The maximum atomic E-state index is 12.7. The van der Waals surface area contributed by atoms with E-state index in [1.165, 1.54) is 11.7 Å². The van der Waals surface area contributed by atoms with Crippen LogP contribution in [0, 0.1) is 0 Å². The van der Waals surface area contributed by atoms with Gasteiger partial charge in [0.2, 0.25) is 0 Å². The molecule has 0 radical (unpaired) electrons. The Morgan fingerprint density at radius 2 is 1.69 bits per heavy atom. The third kappa shape index (κ3) is 4.97. The van der Waals surface area contributed by atoms with Gasteiger partial charge in [-0.2, -0.15) is 0 Å². The minimum Gasteiger partial charge on any atom is -0.497 e. The number of hydrogen-bond acceptors (Lipinski definition) is 5. The summed E-state index contributed by atoms with van der Waals surface area (Å²) >= 11 is 0. The molecule has 6 heteroatoms. The van der Waals surface area contributed by atoms with Crippen molar-refractivity contribution in [3.63, 3.8) is 0 Å². The highest BCUT2D eigenvalue weighted by molar-refractivity contribution is 5.64. The molecule has 0 saturated heterocycles. The largest absolute Gasteiger partial charge is 0.497 e. The number of aromatic nitrogens is 1. The molecule has 29 heavy (non-hydrogen) atoms. The highest BCUT2D eigenvalue weighted by atomic mass is 16.5. The molecule has 0 atom stereocenters. The lowest BCUT2D eigenvalue weighted by Gasteiger charge is -2.19. The fourth-order valence-electron chi connectivity index (χ4n) is 2.85. The van der Waals surface area contributed by atoms with Gasteiger partial charge < -0.3 is 19.3 Å². The maximum absolute atomic E-state index is 12.7. The summed E-state index contributed by atoms with van der Waals surface area (Å²) in [6.07, 6.45) is 1.73. The van der Waals surface area contributed by atoms with Crippen LogP contribution >= 0.6 is 0 Å². The molecule has 0 aliphatic carbocycles. The second kappa shape index (κ2) is 8.41. The summed E-state index contributed by atoms with van der Waals surface area (Å²) in [5.74, 6) is 1.72. The number of aliphatic hydroxyl groups is 1. The minimum atomic E-state index is -0.962. The molecular weight excluding hydrogens is 370 g/mol. The second-order valence-corrected chi connectivity index (χ2v) is 7.29. The van der Waals surface area contributed by atoms with Crippen LogP contribution in [0.25, 0.3) is 16.8 Å². The molecule has 0 amide bonds. The van der Waals surface area contributed by atoms with Gasteiger partial charge in [0, 0.05) is 18.3 Å². The third-order valence-corrected chi connectivity index (χ3v) is 4.33. The molecule has 3 aromatic rings. The van der Waals surface area contributed by atoms with Crippen molar-refractivity contribution >= 4 is 0 Å². The number of nitrogens with zero attached hydrogens (tertiary/aromatic N) is 1. The third-order valence-electron chi connectivity index (χ3n) is 4.33. The normalized spacial score (nSPS) is 11.2. The monoisotopic (exact) mass is 395 g/mol. The van der Waals surface area contributed by atoms with E-state index in [4.69, 9.17) is 14.2 Å². The van der Waals surface area contributed by atoms with Crippen molar-refractivity contribution in [2.45, 2.75) is 19.4 Å². The predicted molar refractivity (Wildman–Crippen MR) is 112 cm³/mol. The molecule has 0 spiro atoms. The molecule has 3 rings (SSSR count). The zero-order valence-electron chi connectivity index (χ0n) is 17.0. The molecule has 152 valence electrons. The fourth-order valence-corrected chi connectivity index (χ4v) is 2.85. The minimum absolute atomic E-state index is 0.123. The van der Waals surface area contributed by atoms with Crippen LogP contribution in [0.2, 0.25) is 0 Å². The van der Waals surface area contributed by atoms with Crippen LogP contribution in [0.4, 0.5) is 0 Å². The molecule has 0 unspecified atom stereocenters. The van der Waals surface area contributed by atoms with Gasteiger partial charge in [-0.15, -0.1) is 0 Å². The molecule has 1 N–H and O–H groups in total. The molecule has 0 aliphatic rings. The second-order valence-electron chi connectivity index (χ2n) is 7.29. The summed E-state index contributed by atoms with van der Waals surface area (Å²) in [7, 11) is 3.14. The Morgan fingerprint density at radius 3 is 2.34 bits per heavy atom. The van der Waals surface area contributed by atoms with Gasteiger partial charge in [-0.05, 0) is 55.3 Å². The Hall–Kier alpha value is -3.25. The van der Waals surface area contributed by atoms with Crippen molar-refractivity contribution in [3.05, 3.63) is 71.1 Å². The SMILES string of the molecule is COc1cccc(-c2ccn(-c3ccc(OCC(C)(C)O)c(OC)c3)c(=O)c2)c1. The average molecular weight is 395 g/mol. The van der Waals surface area contributed by atoms with E-state index in [1.54, 1.807) is 51.4 Å². The van der Waals surface area contributed by atoms with Crippen molar-refractivity contribution in [1.29, 1.82) is 0 Å². The van der Waals surface area contributed by atoms with Crippen LogP contribution in [-0.2, 0) is 0 Å². The van der Waals surface area contributed by atoms with Gasteiger partial charge >= 0.3 is 0 Å². The van der Waals surface area contributed by atoms with Gasteiger partial charge in [0.1, 0.15) is 12.4 Å². The van der Waals surface area contributed by atoms with Gasteiger partial charge in [-0.1, -0.05) is 12.1 Å². The van der Waals surface area contributed by atoms with Crippen LogP contribution in [0.3, 0.4) is 0 Å². The van der Waals surface area contributed by atoms with E-state index in [9.17, 15) is 9.90 Å². The van der Waals surface area contributed by atoms with Crippen LogP contribution in [0.1, 0.15) is 13.8 Å². The lowest BCUT2D eigenvalue weighted by Crippen LogP contribution is -2.28. The molecule has 0 aliphatic heterocycles. The first-order chi connectivity index (χ1) is 13.8. The van der Waals surface area contributed by atoms with Gasteiger partial charge in [-0.3, -0.25) is 9.36 Å². The van der Waals surface area contributed by atoms with E-state index in [0.29, 0.717) is 17.2 Å². The topological polar surface area (TPSA) is 69.9 Å². The first-order valence-corrected chi connectivity index (χ1v) is 9.21. The van der Waals surface area contributed by atoms with E-state index in [2.05, 4.69) is 0 Å². The highest BCUT2D eigenvalue weighted by Crippen LogP contribution is 2.30. The summed E-state index contributed by atoms with van der Waals surface area (Å²) in [5.41, 5.74) is 1.23. The Bertz CT molecular complexity index is 1050. The summed E-state index contributed by atoms with van der Waals surface area (Å²) in [5, 5.41) is 9.85. The molecule has 0 bridgehead atoms. The van der Waals surface area contributed by atoms with Crippen LogP contribution in [-0.4, -0.2) is 36.1 Å². The first-order valence-electron chi connectivity index (χ1n) is 9.21. The molecule has 2 aromatic carbocycles. The lowest BCUT2D eigenvalue weighted by atomic mass is 10.1. The Morgan fingerprint density at radius 1 is 0.931 bits per heavy atom. The Labute approximate surface area is 169 Å². The molecule has 6 nitrogen and oxygen atoms in total. The molecule has 1 aromatic heterocycles. The summed E-state index contributed by atoms with van der Waals surface area (Å²) in [6, 6.07) is 16.2. The van der Waals surface area contributed by atoms with Gasteiger partial charge in [-0.25, -0.2) is 0 Å². The Balaban J connectivity index is 1.91. The number of pyridine rings is 1. The quantitative estimate of drug-likeness (QED) is 0.661. The lowest BCUT2D eigenvalue weighted by molar-refractivity contribution is 0.0276. The van der Waals surface area contributed by atoms with Crippen molar-refractivity contribution in [2.75, 3.05) is 20.8 Å². The first kappa shape index (κ1) is 20.5. The van der Waals surface area contributed by atoms with Gasteiger partial charge in [0.25, 0.3) is 5.56 Å². The van der Waals surface area contributed by atoms with E-state index < -0.39 is 5.60 Å². The zero-order chi connectivity index (χ0) is 21.0. The molecule has 0 saturated carbocycles. The van der Waals surface area contributed by atoms with E-state index in [-0.39, 0.29) is 12.2 Å². The van der Waals surface area contributed by atoms with E-state index >= 15 is 0 Å². The number of methoxy groups -OCH3 is 2. The van der Waals surface area contributed by atoms with Crippen molar-refractivity contribution in [3.8, 4) is 34.1 Å². The number of hydrogen-bond donors (Lipinski definition) is 1. The fraction of sp³-hybridized carbons (Fsp3) is 0.261. The van der Waals surface area contributed by atoms with Gasteiger partial charge in [0.15, 0.2) is 11.5 Å². The smallest absolute Gasteiger partial charge is 0.255 e. The summed E-state index contributed by atoms with van der Waals surface area (Å²) < 4.78 is 17.8. The zero-order valence-corrected chi connectivity index (χ0v) is 17.0. The summed E-state index contributed by atoms with van der Waals surface area (Å²) in [4.78, 5) is 12.7. The van der Waals surface area contributed by atoms with Crippen LogP contribution in [0.15, 0.2) is 65.6 Å². The highest BCUT2D eigenvalue weighted by Gasteiger charge is 2.16. The standard InChI is InChI=1S/C23H25NO5/c1-23(2,26)15-29-20-9-8-18(14-21(20)28-4)24-11-10-17(13-22(24)25)16-6-5-7-19(12-16)27-3/h5-14,26H,15H2,1-4H3. The molecule has 1 heterocycles. The van der Waals surface area contributed by atoms with Crippen molar-refractivity contribution in [2.24, 2.45) is 0 Å². The number of ether oxygens (including phenoxy) is 3. The van der Waals surface area contributed by atoms with Crippen LogP contribution < -0.4 is 19.8 Å².